The molecule has 0 saturated carbocycles. The third-order valence-corrected chi connectivity index (χ3v) is 6.25. The first kappa shape index (κ1) is 17.9. The number of thiophene rings is 1. The van der Waals surface area contributed by atoms with Gasteiger partial charge in [0.1, 0.15) is 0 Å². The van der Waals surface area contributed by atoms with Gasteiger partial charge in [0.15, 0.2) is 11.5 Å². The zero-order valence-electron chi connectivity index (χ0n) is 14.4. The van der Waals surface area contributed by atoms with Crippen LogP contribution in [0.5, 0.6) is 11.5 Å². The number of aromatic hydroxyl groups is 2. The second kappa shape index (κ2) is 7.25. The van der Waals surface area contributed by atoms with Gasteiger partial charge in [0, 0.05) is 19.0 Å². The van der Waals surface area contributed by atoms with Crippen LogP contribution in [0.25, 0.3) is 0 Å². The molecule has 0 fully saturated rings. The number of hydrogen-bond donors (Lipinski definition) is 2. The summed E-state index contributed by atoms with van der Waals surface area (Å²) < 4.78 is 0. The molecule has 1 aliphatic rings. The van der Waals surface area contributed by atoms with Crippen molar-refractivity contribution < 1.29 is 15.0 Å². The monoisotopic (exact) mass is 399 g/mol. The molecule has 3 aromatic rings. The summed E-state index contributed by atoms with van der Waals surface area (Å²) in [7, 11) is 0. The van der Waals surface area contributed by atoms with E-state index < -0.39 is 0 Å². The second-order valence-electron chi connectivity index (χ2n) is 6.57. The van der Waals surface area contributed by atoms with Crippen LogP contribution < -0.4 is 0 Å². The number of amides is 1. The summed E-state index contributed by atoms with van der Waals surface area (Å²) in [6.45, 7) is 0.977. The molecular formula is C21H18ClNO3S. The standard InChI is InChI=1S/C21H18ClNO3S/c22-19-14-8-9-23(21(26)18-7-4-10-27-18)12-16(13-5-2-1-3-6-13)15(14)11-17(24)20(19)25/h1-7,10-11,16,24-25H,8-9,12H2. The number of carbonyl (C=O) groups is 1. The number of nitrogens with zero attached hydrogens (tertiary/aromatic N) is 1. The summed E-state index contributed by atoms with van der Waals surface area (Å²) in [5, 5.41) is 22.3. The maximum absolute atomic E-state index is 13.0. The molecule has 2 heterocycles. The number of rotatable bonds is 2. The summed E-state index contributed by atoms with van der Waals surface area (Å²) >= 11 is 7.78. The van der Waals surface area contributed by atoms with Crippen LogP contribution in [0.3, 0.4) is 0 Å². The van der Waals surface area contributed by atoms with Crippen LogP contribution in [0.1, 0.15) is 32.3 Å². The largest absolute Gasteiger partial charge is 0.504 e. The minimum atomic E-state index is -0.305. The maximum Gasteiger partial charge on any atom is 0.263 e. The van der Waals surface area contributed by atoms with E-state index in [4.69, 9.17) is 11.6 Å². The molecule has 6 heteroatoms. The van der Waals surface area contributed by atoms with Crippen molar-refractivity contribution in [1.82, 2.24) is 4.90 Å². The summed E-state index contributed by atoms with van der Waals surface area (Å²) in [5.74, 6) is -0.696. The average molecular weight is 400 g/mol. The van der Waals surface area contributed by atoms with E-state index in [1.165, 1.54) is 11.3 Å². The van der Waals surface area contributed by atoms with Gasteiger partial charge in [0.25, 0.3) is 5.91 Å². The van der Waals surface area contributed by atoms with Crippen LogP contribution in [0, 0.1) is 0 Å². The molecule has 4 nitrogen and oxygen atoms in total. The van der Waals surface area contributed by atoms with Crippen LogP contribution in [-0.2, 0) is 6.42 Å². The third kappa shape index (κ3) is 3.29. The Morgan fingerprint density at radius 2 is 1.93 bits per heavy atom. The van der Waals surface area contributed by atoms with Gasteiger partial charge in [0.05, 0.1) is 9.90 Å². The lowest BCUT2D eigenvalue weighted by atomic mass is 9.87. The van der Waals surface area contributed by atoms with E-state index in [0.29, 0.717) is 24.4 Å². The molecule has 1 aliphatic heterocycles. The highest BCUT2D eigenvalue weighted by molar-refractivity contribution is 7.12. The Balaban J connectivity index is 1.81. The molecular weight excluding hydrogens is 382 g/mol. The van der Waals surface area contributed by atoms with Crippen molar-refractivity contribution in [2.24, 2.45) is 0 Å². The number of fused-ring (bicyclic) bond motifs is 1. The summed E-state index contributed by atoms with van der Waals surface area (Å²) in [5.41, 5.74) is 2.66. The van der Waals surface area contributed by atoms with E-state index in [0.717, 1.165) is 16.7 Å². The molecule has 0 saturated heterocycles. The van der Waals surface area contributed by atoms with Crippen molar-refractivity contribution in [3.05, 3.63) is 80.5 Å². The molecule has 0 radical (unpaired) electrons. The maximum atomic E-state index is 13.0. The first-order chi connectivity index (χ1) is 13.1. The zero-order chi connectivity index (χ0) is 19.0. The minimum Gasteiger partial charge on any atom is -0.504 e. The highest BCUT2D eigenvalue weighted by atomic mass is 35.5. The smallest absolute Gasteiger partial charge is 0.263 e. The van der Waals surface area contributed by atoms with Gasteiger partial charge in [-0.2, -0.15) is 0 Å². The first-order valence-corrected chi connectivity index (χ1v) is 9.93. The van der Waals surface area contributed by atoms with Crippen molar-refractivity contribution in [3.63, 3.8) is 0 Å². The number of carbonyl (C=O) groups excluding carboxylic acids is 1. The van der Waals surface area contributed by atoms with Crippen molar-refractivity contribution in [2.75, 3.05) is 13.1 Å². The van der Waals surface area contributed by atoms with Gasteiger partial charge in [-0.3, -0.25) is 4.79 Å². The molecule has 27 heavy (non-hydrogen) atoms. The lowest BCUT2D eigenvalue weighted by Crippen LogP contribution is -2.34. The Bertz CT molecular complexity index is 973. The van der Waals surface area contributed by atoms with Gasteiger partial charge in [0.2, 0.25) is 0 Å². The predicted molar refractivity (Wildman–Crippen MR) is 107 cm³/mol. The van der Waals surface area contributed by atoms with E-state index in [-0.39, 0.29) is 28.3 Å². The van der Waals surface area contributed by atoms with E-state index >= 15 is 0 Å². The van der Waals surface area contributed by atoms with Crippen molar-refractivity contribution in [1.29, 1.82) is 0 Å². The van der Waals surface area contributed by atoms with Gasteiger partial charge in [-0.15, -0.1) is 11.3 Å². The molecule has 0 aliphatic carbocycles. The number of phenols is 2. The van der Waals surface area contributed by atoms with Crippen molar-refractivity contribution in [2.45, 2.75) is 12.3 Å². The Kier molecular flexibility index (Phi) is 4.81. The van der Waals surface area contributed by atoms with Crippen LogP contribution in [0.2, 0.25) is 5.02 Å². The van der Waals surface area contributed by atoms with Crippen molar-refractivity contribution >= 4 is 28.8 Å². The Morgan fingerprint density at radius 3 is 2.63 bits per heavy atom. The molecule has 1 atom stereocenters. The van der Waals surface area contributed by atoms with Gasteiger partial charge in [-0.1, -0.05) is 48.0 Å². The molecule has 0 bridgehead atoms. The lowest BCUT2D eigenvalue weighted by Gasteiger charge is -2.25. The van der Waals surface area contributed by atoms with Gasteiger partial charge in [-0.05, 0) is 40.6 Å². The highest BCUT2D eigenvalue weighted by Gasteiger charge is 2.30. The Morgan fingerprint density at radius 1 is 1.15 bits per heavy atom. The van der Waals surface area contributed by atoms with E-state index in [9.17, 15) is 15.0 Å². The van der Waals surface area contributed by atoms with Gasteiger partial charge >= 0.3 is 0 Å². The second-order valence-corrected chi connectivity index (χ2v) is 7.89. The fourth-order valence-corrected chi connectivity index (χ4v) is 4.61. The fourth-order valence-electron chi connectivity index (χ4n) is 3.62. The molecule has 138 valence electrons. The zero-order valence-corrected chi connectivity index (χ0v) is 16.0. The highest BCUT2D eigenvalue weighted by Crippen LogP contribution is 2.43. The van der Waals surface area contributed by atoms with Crippen LogP contribution in [0.4, 0.5) is 0 Å². The summed E-state index contributed by atoms with van der Waals surface area (Å²) in [4.78, 5) is 15.5. The van der Waals surface area contributed by atoms with E-state index in [2.05, 4.69) is 0 Å². The molecule has 1 amide bonds. The predicted octanol–water partition coefficient (Wildman–Crippen LogP) is 4.64. The van der Waals surface area contributed by atoms with Gasteiger partial charge in [-0.25, -0.2) is 0 Å². The molecule has 1 aromatic heterocycles. The first-order valence-electron chi connectivity index (χ1n) is 8.67. The van der Waals surface area contributed by atoms with Crippen LogP contribution in [0.15, 0.2) is 53.9 Å². The molecule has 4 rings (SSSR count). The lowest BCUT2D eigenvalue weighted by molar-refractivity contribution is 0.0761. The molecule has 0 spiro atoms. The number of benzene rings is 2. The molecule has 1 unspecified atom stereocenters. The SMILES string of the molecule is O=C(c1cccs1)N1CCc2c(cc(O)c(O)c2Cl)C(c2ccccc2)C1. The topological polar surface area (TPSA) is 60.8 Å². The number of halogens is 1. The minimum absolute atomic E-state index is 0.0108. The molecule has 2 N–H and O–H groups in total. The normalized spacial score (nSPS) is 16.6. The number of phenolic OH excluding ortho intramolecular Hbond substituents is 2. The quantitative estimate of drug-likeness (QED) is 0.617. The van der Waals surface area contributed by atoms with Gasteiger partial charge < -0.3 is 15.1 Å². The number of hydrogen-bond acceptors (Lipinski definition) is 4. The van der Waals surface area contributed by atoms with Crippen molar-refractivity contribution in [3.8, 4) is 11.5 Å². The Labute approximate surface area is 166 Å². The third-order valence-electron chi connectivity index (χ3n) is 4.99. The van der Waals surface area contributed by atoms with E-state index in [1.807, 2.05) is 52.7 Å². The summed E-state index contributed by atoms with van der Waals surface area (Å²) in [6.07, 6.45) is 0.516. The fraction of sp³-hybridized carbons (Fsp3) is 0.190. The molecule has 2 aromatic carbocycles. The van der Waals surface area contributed by atoms with E-state index in [1.54, 1.807) is 6.07 Å². The average Bonchev–Trinajstić information content (AvgIpc) is 3.16. The van der Waals surface area contributed by atoms with Crippen LogP contribution >= 0.6 is 22.9 Å². The van der Waals surface area contributed by atoms with Crippen LogP contribution in [-0.4, -0.2) is 34.1 Å². The summed E-state index contributed by atoms with van der Waals surface area (Å²) in [6, 6.07) is 15.1. The Hall–Kier alpha value is -2.50.